The molecule has 3 N–H and O–H groups in total. The van der Waals surface area contributed by atoms with Crippen LogP contribution >= 0.6 is 0 Å². The van der Waals surface area contributed by atoms with Crippen molar-refractivity contribution in [3.8, 4) is 0 Å². The van der Waals surface area contributed by atoms with Crippen LogP contribution in [0.4, 0.5) is 13.2 Å². The number of halogens is 3. The molecule has 1 amide bonds. The van der Waals surface area contributed by atoms with E-state index >= 15 is 0 Å². The van der Waals surface area contributed by atoms with Gasteiger partial charge in [-0.2, -0.15) is 13.2 Å². The van der Waals surface area contributed by atoms with E-state index in [1.54, 1.807) is 0 Å². The largest absolute Gasteiger partial charge is 0.401 e. The Morgan fingerprint density at radius 1 is 1.44 bits per heavy atom. The minimum Gasteiger partial charge on any atom is -0.356 e. The van der Waals surface area contributed by atoms with E-state index in [1.807, 2.05) is 0 Å². The number of carbonyl (C=O) groups is 1. The third kappa shape index (κ3) is 9.72. The lowest BCUT2D eigenvalue weighted by molar-refractivity contribution is -0.143. The summed E-state index contributed by atoms with van der Waals surface area (Å²) in [7, 11) is 1.40. The van der Waals surface area contributed by atoms with Gasteiger partial charge in [-0.3, -0.25) is 9.69 Å². The van der Waals surface area contributed by atoms with Crippen LogP contribution in [0.3, 0.4) is 0 Å². The van der Waals surface area contributed by atoms with E-state index in [1.165, 1.54) is 11.9 Å². The first-order valence-corrected chi connectivity index (χ1v) is 5.07. The van der Waals surface area contributed by atoms with Crippen molar-refractivity contribution in [2.24, 2.45) is 5.73 Å². The number of amides is 1. The van der Waals surface area contributed by atoms with Crippen LogP contribution in [0.5, 0.6) is 0 Å². The number of hydrogen-bond donors (Lipinski definition) is 2. The van der Waals surface area contributed by atoms with Crippen molar-refractivity contribution in [2.75, 3.05) is 33.2 Å². The van der Waals surface area contributed by atoms with Gasteiger partial charge >= 0.3 is 6.18 Å². The Bertz CT molecular complexity index is 209. The number of rotatable bonds is 7. The van der Waals surface area contributed by atoms with Gasteiger partial charge in [-0.05, 0) is 20.0 Å². The topological polar surface area (TPSA) is 58.4 Å². The van der Waals surface area contributed by atoms with Crippen molar-refractivity contribution in [3.63, 3.8) is 0 Å². The number of alkyl halides is 3. The smallest absolute Gasteiger partial charge is 0.356 e. The van der Waals surface area contributed by atoms with Crippen molar-refractivity contribution in [1.29, 1.82) is 0 Å². The normalized spacial score (nSPS) is 11.9. The van der Waals surface area contributed by atoms with Crippen LogP contribution in [0, 0.1) is 0 Å². The highest BCUT2D eigenvalue weighted by Crippen LogP contribution is 2.15. The molecule has 0 aliphatic rings. The Balaban J connectivity index is 3.48. The zero-order valence-corrected chi connectivity index (χ0v) is 9.31. The lowest BCUT2D eigenvalue weighted by Crippen LogP contribution is -2.34. The van der Waals surface area contributed by atoms with Gasteiger partial charge in [-0.1, -0.05) is 0 Å². The molecule has 0 fully saturated rings. The van der Waals surface area contributed by atoms with Crippen molar-refractivity contribution < 1.29 is 18.0 Å². The third-order valence-electron chi connectivity index (χ3n) is 1.86. The number of carbonyl (C=O) groups excluding carboxylic acids is 1. The van der Waals surface area contributed by atoms with Crippen LogP contribution in [0.2, 0.25) is 0 Å². The zero-order chi connectivity index (χ0) is 12.6. The van der Waals surface area contributed by atoms with E-state index in [0.717, 1.165) is 0 Å². The average Bonchev–Trinajstić information content (AvgIpc) is 2.10. The molecule has 0 unspecified atom stereocenters. The molecule has 0 radical (unpaired) electrons. The van der Waals surface area contributed by atoms with Gasteiger partial charge in [0.1, 0.15) is 0 Å². The Morgan fingerprint density at radius 2 is 2.06 bits per heavy atom. The van der Waals surface area contributed by atoms with Gasteiger partial charge in [-0.15, -0.1) is 0 Å². The Hall–Kier alpha value is -0.820. The second kappa shape index (κ2) is 7.45. The SMILES string of the molecule is CN(CCCNC(=O)CCN)CC(F)(F)F. The van der Waals surface area contributed by atoms with Gasteiger partial charge in [0.15, 0.2) is 0 Å². The average molecular weight is 241 g/mol. The minimum atomic E-state index is -4.17. The van der Waals surface area contributed by atoms with Crippen LogP contribution in [-0.2, 0) is 4.79 Å². The van der Waals surface area contributed by atoms with E-state index in [9.17, 15) is 18.0 Å². The van der Waals surface area contributed by atoms with E-state index < -0.39 is 12.7 Å². The van der Waals surface area contributed by atoms with Gasteiger partial charge in [0.05, 0.1) is 6.54 Å². The number of nitrogens with one attached hydrogen (secondary N) is 1. The Morgan fingerprint density at radius 3 is 2.56 bits per heavy atom. The highest BCUT2D eigenvalue weighted by Gasteiger charge is 2.28. The van der Waals surface area contributed by atoms with Gasteiger partial charge in [0, 0.05) is 19.5 Å². The Labute approximate surface area is 93.0 Å². The molecule has 0 rings (SSSR count). The summed E-state index contributed by atoms with van der Waals surface area (Å²) < 4.78 is 35.8. The first-order chi connectivity index (χ1) is 7.35. The second-order valence-electron chi connectivity index (χ2n) is 3.60. The van der Waals surface area contributed by atoms with E-state index in [-0.39, 0.29) is 18.9 Å². The van der Waals surface area contributed by atoms with Crippen LogP contribution in [0.15, 0.2) is 0 Å². The molecule has 0 saturated carbocycles. The molecule has 0 aliphatic heterocycles. The van der Waals surface area contributed by atoms with E-state index in [0.29, 0.717) is 19.5 Å². The summed E-state index contributed by atoms with van der Waals surface area (Å²) in [4.78, 5) is 12.1. The predicted octanol–water partition coefficient (Wildman–Crippen LogP) is 0.336. The predicted molar refractivity (Wildman–Crippen MR) is 54.9 cm³/mol. The summed E-state index contributed by atoms with van der Waals surface area (Å²) >= 11 is 0. The molecular formula is C9H18F3N3O. The summed E-state index contributed by atoms with van der Waals surface area (Å²) in [5.74, 6) is -0.166. The molecule has 96 valence electrons. The van der Waals surface area contributed by atoms with Gasteiger partial charge in [0.2, 0.25) is 5.91 Å². The fraction of sp³-hybridized carbons (Fsp3) is 0.889. The fourth-order valence-corrected chi connectivity index (χ4v) is 1.18. The quantitative estimate of drug-likeness (QED) is 0.632. The molecule has 4 nitrogen and oxygen atoms in total. The standard InChI is InChI=1S/C9H18F3N3O/c1-15(7-9(10,11)12)6-2-5-14-8(16)3-4-13/h2-7,13H2,1H3,(H,14,16). The molecule has 0 bridgehead atoms. The zero-order valence-electron chi connectivity index (χ0n) is 9.31. The first kappa shape index (κ1) is 15.2. The maximum atomic E-state index is 11.9. The van der Waals surface area contributed by atoms with Crippen molar-refractivity contribution in [1.82, 2.24) is 10.2 Å². The van der Waals surface area contributed by atoms with Crippen LogP contribution in [-0.4, -0.2) is 50.2 Å². The molecule has 0 atom stereocenters. The molecule has 0 aromatic rings. The first-order valence-electron chi connectivity index (χ1n) is 5.07. The van der Waals surface area contributed by atoms with E-state index in [4.69, 9.17) is 5.73 Å². The molecule has 0 saturated heterocycles. The van der Waals surface area contributed by atoms with Crippen LogP contribution in [0.1, 0.15) is 12.8 Å². The molecule has 16 heavy (non-hydrogen) atoms. The van der Waals surface area contributed by atoms with Crippen LogP contribution < -0.4 is 11.1 Å². The maximum Gasteiger partial charge on any atom is 0.401 e. The maximum absolute atomic E-state index is 11.9. The highest BCUT2D eigenvalue weighted by molar-refractivity contribution is 5.75. The summed E-state index contributed by atoms with van der Waals surface area (Å²) in [6.45, 7) is 0.0208. The molecule has 7 heteroatoms. The third-order valence-corrected chi connectivity index (χ3v) is 1.86. The lowest BCUT2D eigenvalue weighted by Gasteiger charge is -2.18. The fourth-order valence-electron chi connectivity index (χ4n) is 1.18. The molecule has 0 aliphatic carbocycles. The summed E-state index contributed by atoms with van der Waals surface area (Å²) in [5, 5.41) is 2.57. The van der Waals surface area contributed by atoms with Crippen LogP contribution in [0.25, 0.3) is 0 Å². The molecule has 0 aromatic carbocycles. The second-order valence-corrected chi connectivity index (χ2v) is 3.60. The van der Waals surface area contributed by atoms with Crippen molar-refractivity contribution in [3.05, 3.63) is 0 Å². The summed E-state index contributed by atoms with van der Waals surface area (Å²) in [6.07, 6.45) is -3.43. The number of nitrogens with zero attached hydrogens (tertiary/aromatic N) is 1. The Kier molecular flexibility index (Phi) is 7.07. The summed E-state index contributed by atoms with van der Waals surface area (Å²) in [6, 6.07) is 0. The van der Waals surface area contributed by atoms with Gasteiger partial charge in [0.25, 0.3) is 0 Å². The van der Waals surface area contributed by atoms with Gasteiger partial charge < -0.3 is 11.1 Å². The van der Waals surface area contributed by atoms with E-state index in [2.05, 4.69) is 5.32 Å². The van der Waals surface area contributed by atoms with Crippen molar-refractivity contribution >= 4 is 5.91 Å². The molecule has 0 heterocycles. The highest BCUT2D eigenvalue weighted by atomic mass is 19.4. The van der Waals surface area contributed by atoms with Crippen molar-refractivity contribution in [2.45, 2.75) is 19.0 Å². The minimum absolute atomic E-state index is 0.166. The number of hydrogen-bond acceptors (Lipinski definition) is 3. The van der Waals surface area contributed by atoms with Gasteiger partial charge in [-0.25, -0.2) is 0 Å². The molecule has 0 spiro atoms. The molecule has 0 aromatic heterocycles. The molecular weight excluding hydrogens is 223 g/mol. The number of nitrogens with two attached hydrogens (primary N) is 1. The lowest BCUT2D eigenvalue weighted by atomic mass is 10.3. The monoisotopic (exact) mass is 241 g/mol. The summed E-state index contributed by atoms with van der Waals surface area (Å²) in [5.41, 5.74) is 5.16.